The molecule has 0 unspecified atom stereocenters. The lowest BCUT2D eigenvalue weighted by atomic mass is 9.92. The van der Waals surface area contributed by atoms with Gasteiger partial charge in [-0.15, -0.1) is 0 Å². The summed E-state index contributed by atoms with van der Waals surface area (Å²) in [6.45, 7) is 6.11. The van der Waals surface area contributed by atoms with Gasteiger partial charge in [-0.2, -0.15) is 5.10 Å². The second kappa shape index (κ2) is 6.47. The number of nitrogens with zero attached hydrogens (tertiary/aromatic N) is 3. The number of hydrogen-bond donors (Lipinski definition) is 3. The van der Waals surface area contributed by atoms with Gasteiger partial charge in [-0.05, 0) is 12.1 Å². The number of H-pyrrole nitrogens is 2. The summed E-state index contributed by atoms with van der Waals surface area (Å²) in [5.41, 5.74) is -0.196. The third-order valence-electron chi connectivity index (χ3n) is 3.74. The van der Waals surface area contributed by atoms with E-state index < -0.39 is 17.1 Å². The smallest absolute Gasteiger partial charge is 0.328 e. The number of rotatable bonds is 3. The summed E-state index contributed by atoms with van der Waals surface area (Å²) in [5, 5.41) is 14.4. The van der Waals surface area contributed by atoms with Gasteiger partial charge in [0.25, 0.3) is 5.56 Å². The van der Waals surface area contributed by atoms with Crippen molar-refractivity contribution in [2.24, 2.45) is 4.99 Å². The summed E-state index contributed by atoms with van der Waals surface area (Å²) in [6, 6.07) is 11.3. The first-order chi connectivity index (χ1) is 12.3. The van der Waals surface area contributed by atoms with Gasteiger partial charge in [-0.25, -0.2) is 14.5 Å². The number of benzene rings is 1. The minimum Gasteiger partial charge on any atom is -0.494 e. The third-order valence-corrected chi connectivity index (χ3v) is 3.74. The maximum absolute atomic E-state index is 11.9. The highest BCUT2D eigenvalue weighted by Crippen LogP contribution is 2.27. The topological polar surface area (TPSA) is 116 Å². The molecule has 134 valence electrons. The van der Waals surface area contributed by atoms with E-state index in [-0.39, 0.29) is 11.0 Å². The molecule has 26 heavy (non-hydrogen) atoms. The lowest BCUT2D eigenvalue weighted by molar-refractivity contribution is 0.447. The highest BCUT2D eigenvalue weighted by atomic mass is 16.3. The number of aromatic nitrogens is 4. The van der Waals surface area contributed by atoms with Gasteiger partial charge in [-0.1, -0.05) is 39.0 Å². The molecule has 0 aliphatic rings. The van der Waals surface area contributed by atoms with Gasteiger partial charge in [-0.3, -0.25) is 14.8 Å². The molecule has 0 spiro atoms. The zero-order valence-electron chi connectivity index (χ0n) is 14.6. The normalized spacial score (nSPS) is 12.0. The van der Waals surface area contributed by atoms with Gasteiger partial charge in [0.15, 0.2) is 5.82 Å². The second-order valence-electron chi connectivity index (χ2n) is 6.81. The number of aromatic hydroxyl groups is 1. The van der Waals surface area contributed by atoms with Crippen LogP contribution in [0.15, 0.2) is 51.0 Å². The van der Waals surface area contributed by atoms with Gasteiger partial charge in [0.2, 0.25) is 5.88 Å². The van der Waals surface area contributed by atoms with Crippen LogP contribution in [0.2, 0.25) is 0 Å². The zero-order valence-corrected chi connectivity index (χ0v) is 14.6. The summed E-state index contributed by atoms with van der Waals surface area (Å²) in [4.78, 5) is 31.5. The Hall–Kier alpha value is -3.42. The molecular weight excluding hydrogens is 334 g/mol. The third kappa shape index (κ3) is 3.49. The number of hydrogen-bond acceptors (Lipinski definition) is 5. The van der Waals surface area contributed by atoms with Crippen molar-refractivity contribution in [3.05, 3.63) is 68.5 Å². The van der Waals surface area contributed by atoms with E-state index in [1.165, 1.54) is 6.21 Å². The fourth-order valence-corrected chi connectivity index (χ4v) is 2.32. The van der Waals surface area contributed by atoms with Gasteiger partial charge in [0.05, 0.1) is 11.4 Å². The van der Waals surface area contributed by atoms with Crippen LogP contribution in [0.1, 0.15) is 32.0 Å². The van der Waals surface area contributed by atoms with Gasteiger partial charge >= 0.3 is 5.69 Å². The van der Waals surface area contributed by atoms with Crippen LogP contribution in [0.4, 0.5) is 5.82 Å². The lowest BCUT2D eigenvalue weighted by Crippen LogP contribution is -2.24. The number of aliphatic imine (C=N–C) groups is 1. The van der Waals surface area contributed by atoms with Crippen LogP contribution in [-0.2, 0) is 5.41 Å². The fourth-order valence-electron chi connectivity index (χ4n) is 2.32. The average Bonchev–Trinajstić information content (AvgIpc) is 2.99. The van der Waals surface area contributed by atoms with Crippen LogP contribution in [0.5, 0.6) is 5.88 Å². The Bertz CT molecular complexity index is 1070. The van der Waals surface area contributed by atoms with Crippen molar-refractivity contribution in [2.45, 2.75) is 26.2 Å². The van der Waals surface area contributed by atoms with Crippen molar-refractivity contribution in [2.75, 3.05) is 0 Å². The van der Waals surface area contributed by atoms with E-state index >= 15 is 0 Å². The van der Waals surface area contributed by atoms with Crippen LogP contribution < -0.4 is 11.2 Å². The molecule has 2 heterocycles. The molecule has 0 fully saturated rings. The summed E-state index contributed by atoms with van der Waals surface area (Å²) >= 11 is 0. The molecule has 3 aromatic rings. The van der Waals surface area contributed by atoms with Crippen LogP contribution in [0.3, 0.4) is 0 Å². The molecule has 3 rings (SSSR count). The summed E-state index contributed by atoms with van der Waals surface area (Å²) in [5.74, 6) is -0.0459. The monoisotopic (exact) mass is 353 g/mol. The maximum atomic E-state index is 11.9. The van der Waals surface area contributed by atoms with Crippen molar-refractivity contribution in [1.82, 2.24) is 19.7 Å². The molecule has 0 aliphatic carbocycles. The number of nitrogens with one attached hydrogen (secondary N) is 2. The Kier molecular flexibility index (Phi) is 4.33. The largest absolute Gasteiger partial charge is 0.494 e. The first kappa shape index (κ1) is 17.4. The molecule has 0 bridgehead atoms. The van der Waals surface area contributed by atoms with Crippen LogP contribution >= 0.6 is 0 Å². The van der Waals surface area contributed by atoms with Crippen molar-refractivity contribution in [3.63, 3.8) is 0 Å². The lowest BCUT2D eigenvalue weighted by Gasteiger charge is -2.14. The van der Waals surface area contributed by atoms with Crippen molar-refractivity contribution in [1.29, 1.82) is 0 Å². The molecule has 2 aromatic heterocycles. The SMILES string of the molecule is CC(C)(C)c1cc(/N=C/c2c(O)[nH]c(=O)[nH]c2=O)n(-c2ccccc2)n1. The minimum absolute atomic E-state index is 0.136. The average molecular weight is 353 g/mol. The van der Waals surface area contributed by atoms with E-state index in [4.69, 9.17) is 0 Å². The van der Waals surface area contributed by atoms with E-state index in [9.17, 15) is 14.7 Å². The Balaban J connectivity index is 2.12. The zero-order chi connectivity index (χ0) is 18.9. The molecule has 3 N–H and O–H groups in total. The summed E-state index contributed by atoms with van der Waals surface area (Å²) in [7, 11) is 0. The first-order valence-corrected chi connectivity index (χ1v) is 8.01. The number of para-hydroxylation sites is 1. The van der Waals surface area contributed by atoms with Gasteiger partial charge < -0.3 is 5.11 Å². The second-order valence-corrected chi connectivity index (χ2v) is 6.81. The summed E-state index contributed by atoms with van der Waals surface area (Å²) < 4.78 is 1.66. The Labute approximate surface area is 148 Å². The van der Waals surface area contributed by atoms with E-state index in [1.807, 2.05) is 57.2 Å². The highest BCUT2D eigenvalue weighted by Gasteiger charge is 2.20. The minimum atomic E-state index is -0.783. The van der Waals surface area contributed by atoms with E-state index in [1.54, 1.807) is 4.68 Å². The number of aromatic amines is 2. The van der Waals surface area contributed by atoms with Crippen molar-refractivity contribution >= 4 is 12.0 Å². The molecule has 0 saturated heterocycles. The maximum Gasteiger partial charge on any atom is 0.328 e. The van der Waals surface area contributed by atoms with E-state index in [2.05, 4.69) is 20.1 Å². The van der Waals surface area contributed by atoms with E-state index in [0.29, 0.717) is 5.82 Å². The molecule has 0 amide bonds. The Morgan fingerprint density at radius 2 is 1.85 bits per heavy atom. The van der Waals surface area contributed by atoms with E-state index in [0.717, 1.165) is 11.4 Å². The molecule has 8 nitrogen and oxygen atoms in total. The Morgan fingerprint density at radius 1 is 1.15 bits per heavy atom. The quantitative estimate of drug-likeness (QED) is 0.624. The van der Waals surface area contributed by atoms with Crippen molar-refractivity contribution < 1.29 is 5.11 Å². The summed E-state index contributed by atoms with van der Waals surface area (Å²) in [6.07, 6.45) is 1.20. The molecular formula is C18H19N5O3. The van der Waals surface area contributed by atoms with Gasteiger partial charge in [0.1, 0.15) is 5.56 Å². The molecule has 8 heteroatoms. The predicted molar refractivity (Wildman–Crippen MR) is 98.9 cm³/mol. The predicted octanol–water partition coefficient (Wildman–Crippen LogP) is 2.00. The van der Waals surface area contributed by atoms with Gasteiger partial charge in [0, 0.05) is 17.7 Å². The first-order valence-electron chi connectivity index (χ1n) is 8.01. The standard InChI is InChI=1S/C18H19N5O3/c1-18(2,3)13-9-14(23(22-13)11-7-5-4-6-8-11)19-10-12-15(24)20-17(26)21-16(12)25/h4-10H,1-3H3,(H3,20,21,24,25,26)/b19-10+. The molecule has 0 aliphatic heterocycles. The molecule has 0 saturated carbocycles. The van der Waals surface area contributed by atoms with Crippen LogP contribution in [-0.4, -0.2) is 31.1 Å². The fraction of sp³-hybridized carbons (Fsp3) is 0.222. The van der Waals surface area contributed by atoms with Crippen LogP contribution in [0.25, 0.3) is 5.69 Å². The molecule has 0 radical (unpaired) electrons. The van der Waals surface area contributed by atoms with Crippen molar-refractivity contribution in [3.8, 4) is 11.6 Å². The molecule has 0 atom stereocenters. The Morgan fingerprint density at radius 3 is 2.46 bits per heavy atom. The molecule has 1 aromatic carbocycles. The van der Waals surface area contributed by atoms with Crippen LogP contribution in [0, 0.1) is 0 Å². The highest BCUT2D eigenvalue weighted by molar-refractivity contribution is 5.83.